The van der Waals surface area contributed by atoms with E-state index in [1.807, 2.05) is 0 Å². The van der Waals surface area contributed by atoms with E-state index in [4.69, 9.17) is 4.74 Å². The second-order valence-electron chi connectivity index (χ2n) is 13.2. The molecule has 1 fully saturated rings. The number of carbonyl (C=O) groups excluding carboxylic acids is 2. The molecule has 51 heavy (non-hydrogen) atoms. The van der Waals surface area contributed by atoms with Gasteiger partial charge in [-0.2, -0.15) is 13.2 Å². The van der Waals surface area contributed by atoms with Crippen LogP contribution in [0, 0.1) is 11.6 Å². The van der Waals surface area contributed by atoms with Crippen LogP contribution < -0.4 is 15.5 Å². The van der Waals surface area contributed by atoms with Crippen molar-refractivity contribution in [3.05, 3.63) is 88.8 Å². The lowest BCUT2D eigenvalue weighted by atomic mass is 9.93. The van der Waals surface area contributed by atoms with Crippen molar-refractivity contribution in [2.75, 3.05) is 37.5 Å². The first-order valence-corrected chi connectivity index (χ1v) is 16.3. The summed E-state index contributed by atoms with van der Waals surface area (Å²) in [7, 11) is 4.77. The highest BCUT2D eigenvalue weighted by molar-refractivity contribution is 6.09. The molecule has 1 saturated carbocycles. The summed E-state index contributed by atoms with van der Waals surface area (Å²) >= 11 is 0. The van der Waals surface area contributed by atoms with Crippen LogP contribution in [0.2, 0.25) is 0 Å². The number of pyridine rings is 1. The normalized spacial score (nSPS) is 15.4. The first-order valence-electron chi connectivity index (χ1n) is 16.3. The first kappa shape index (κ1) is 34.3. The number of benzene rings is 2. The van der Waals surface area contributed by atoms with E-state index in [0.717, 1.165) is 37.1 Å². The summed E-state index contributed by atoms with van der Waals surface area (Å²) in [6.45, 7) is 2.76. The molecule has 3 aromatic heterocycles. The number of nitrogens with zero attached hydrogens (tertiary/aromatic N) is 5. The SMILES string of the molecule is COCc1nc2c3c(c(C(F)(F)F)cc2n1C)-c1cccn2c(C(=O)c4cc(F)c(NC(=O)/C=C/CNC5(C)CC5)c(F)c4)nc(c12)CCN3C. The summed E-state index contributed by atoms with van der Waals surface area (Å²) < 4.78 is 83.4. The lowest BCUT2D eigenvalue weighted by molar-refractivity contribution is -0.137. The number of methoxy groups -OCH3 is 1. The maximum Gasteiger partial charge on any atom is 0.417 e. The second kappa shape index (κ2) is 12.6. The van der Waals surface area contributed by atoms with E-state index in [9.17, 15) is 22.8 Å². The zero-order valence-electron chi connectivity index (χ0n) is 28.2. The average Bonchev–Trinajstić information content (AvgIpc) is 3.57. The van der Waals surface area contributed by atoms with Gasteiger partial charge in [0, 0.05) is 75.2 Å². The zero-order chi connectivity index (χ0) is 36.4. The van der Waals surface area contributed by atoms with Gasteiger partial charge in [-0.1, -0.05) is 12.1 Å². The highest BCUT2D eigenvalue weighted by atomic mass is 19.4. The summed E-state index contributed by atoms with van der Waals surface area (Å²) in [6, 6.07) is 5.67. The van der Waals surface area contributed by atoms with Crippen LogP contribution in [0.15, 0.2) is 48.7 Å². The number of rotatable bonds is 9. The van der Waals surface area contributed by atoms with E-state index in [-0.39, 0.29) is 58.8 Å². The maximum atomic E-state index is 15.2. The van der Waals surface area contributed by atoms with E-state index < -0.39 is 46.3 Å². The molecule has 0 atom stereocenters. The molecule has 0 spiro atoms. The van der Waals surface area contributed by atoms with Crippen LogP contribution in [0.5, 0.6) is 0 Å². The van der Waals surface area contributed by atoms with Crippen molar-refractivity contribution in [3.8, 4) is 11.1 Å². The van der Waals surface area contributed by atoms with Crippen LogP contribution in [-0.4, -0.2) is 63.4 Å². The van der Waals surface area contributed by atoms with Gasteiger partial charge in [0.05, 0.1) is 28.0 Å². The fraction of sp³-hybridized carbons (Fsp3) is 0.333. The minimum atomic E-state index is -4.77. The van der Waals surface area contributed by atoms with Gasteiger partial charge in [0.15, 0.2) is 5.82 Å². The second-order valence-corrected chi connectivity index (χ2v) is 13.2. The molecule has 1 amide bonds. The van der Waals surface area contributed by atoms with Crippen LogP contribution in [0.3, 0.4) is 0 Å². The molecule has 1 aliphatic carbocycles. The lowest BCUT2D eigenvalue weighted by Gasteiger charge is -2.28. The summed E-state index contributed by atoms with van der Waals surface area (Å²) in [5.74, 6) is -3.77. The third-order valence-electron chi connectivity index (χ3n) is 9.57. The van der Waals surface area contributed by atoms with E-state index in [2.05, 4.69) is 27.5 Å². The number of ether oxygens (including phenoxy) is 1. The van der Waals surface area contributed by atoms with Crippen molar-refractivity contribution >= 4 is 39.6 Å². The number of amides is 1. The van der Waals surface area contributed by atoms with Gasteiger partial charge in [0.2, 0.25) is 11.7 Å². The minimum absolute atomic E-state index is 0.0496. The number of alkyl halides is 3. The Morgan fingerprint density at radius 1 is 1.10 bits per heavy atom. The van der Waals surface area contributed by atoms with Crippen LogP contribution in [0.4, 0.5) is 33.3 Å². The number of imidazole rings is 2. The smallest absolute Gasteiger partial charge is 0.377 e. The van der Waals surface area contributed by atoms with E-state index in [1.54, 1.807) is 29.6 Å². The van der Waals surface area contributed by atoms with E-state index >= 15 is 8.78 Å². The zero-order valence-corrected chi connectivity index (χ0v) is 28.2. The highest BCUT2D eigenvalue weighted by Gasteiger charge is 2.39. The molecular weight excluding hydrogens is 673 g/mol. The monoisotopic (exact) mass is 707 g/mol. The van der Waals surface area contributed by atoms with Crippen molar-refractivity contribution in [1.82, 2.24) is 24.3 Å². The molecule has 7 rings (SSSR count). The van der Waals surface area contributed by atoms with Crippen LogP contribution in [0.1, 0.15) is 53.0 Å². The van der Waals surface area contributed by atoms with Crippen molar-refractivity contribution in [3.63, 3.8) is 0 Å². The van der Waals surface area contributed by atoms with Gasteiger partial charge in [-0.3, -0.25) is 14.0 Å². The quantitative estimate of drug-likeness (QED) is 0.107. The minimum Gasteiger partial charge on any atom is -0.377 e. The molecule has 2 aromatic carbocycles. The number of ketones is 1. The number of aromatic nitrogens is 4. The predicted molar refractivity (Wildman–Crippen MR) is 181 cm³/mol. The molecule has 2 aliphatic rings. The van der Waals surface area contributed by atoms with Crippen molar-refractivity contribution in [2.24, 2.45) is 7.05 Å². The van der Waals surface area contributed by atoms with E-state index in [1.165, 1.54) is 29.8 Å². The highest BCUT2D eigenvalue weighted by Crippen LogP contribution is 2.48. The molecule has 10 nitrogen and oxygen atoms in total. The fourth-order valence-electron chi connectivity index (χ4n) is 6.57. The van der Waals surface area contributed by atoms with Crippen molar-refractivity contribution < 1.29 is 36.3 Å². The predicted octanol–water partition coefficient (Wildman–Crippen LogP) is 6.19. The number of fused-ring (bicyclic) bond motifs is 4. The molecule has 5 aromatic rings. The standard InChI is InChI=1S/C36H34F5N7O3/c1-35(10-11-35)42-12-5-8-27(49)45-29-22(37)15-19(16-23(29)38)33(50)34-43-24-9-14-46(2)32-28(20-7-6-13-48(34)31(20)24)21(36(39,40)41)17-25-30(32)44-26(18-51-4)47(25)3/h5-8,13,15-17,42H,9-12,14,18H2,1-4H3,(H,45,49)/b8-5+. The van der Waals surface area contributed by atoms with E-state index in [0.29, 0.717) is 23.6 Å². The van der Waals surface area contributed by atoms with Crippen molar-refractivity contribution in [1.29, 1.82) is 0 Å². The number of anilines is 2. The molecule has 15 heteroatoms. The molecule has 2 N–H and O–H groups in total. The van der Waals surface area contributed by atoms with Gasteiger partial charge in [-0.25, -0.2) is 18.7 Å². The number of halogens is 5. The molecular formula is C36H34F5N7O3. The van der Waals surface area contributed by atoms with Crippen molar-refractivity contribution in [2.45, 2.75) is 44.5 Å². The molecule has 0 unspecified atom stereocenters. The third kappa shape index (κ3) is 6.14. The number of likely N-dealkylation sites (N-methyl/N-ethyl adjacent to an activating group) is 1. The maximum absolute atomic E-state index is 15.2. The molecule has 0 radical (unpaired) electrons. The van der Waals surface area contributed by atoms with Gasteiger partial charge in [-0.15, -0.1) is 0 Å². The Labute approximate surface area is 288 Å². The Balaban J connectivity index is 1.29. The Morgan fingerprint density at radius 3 is 2.49 bits per heavy atom. The van der Waals surface area contributed by atoms with Gasteiger partial charge in [0.1, 0.15) is 35.3 Å². The number of hydrogen-bond acceptors (Lipinski definition) is 7. The number of aryl methyl sites for hydroxylation is 1. The van der Waals surface area contributed by atoms with Crippen LogP contribution in [0.25, 0.3) is 27.7 Å². The molecule has 1 aliphatic heterocycles. The Morgan fingerprint density at radius 2 is 1.82 bits per heavy atom. The van der Waals surface area contributed by atoms with Gasteiger partial charge in [0.25, 0.3) is 0 Å². The Bertz CT molecular complexity index is 2250. The summed E-state index contributed by atoms with van der Waals surface area (Å²) in [6.07, 6.45) is 1.70. The van der Waals surface area contributed by atoms with Crippen LogP contribution >= 0.6 is 0 Å². The molecule has 266 valence electrons. The summed E-state index contributed by atoms with van der Waals surface area (Å²) in [5, 5.41) is 5.43. The average molecular weight is 708 g/mol. The Hall–Kier alpha value is -5.15. The van der Waals surface area contributed by atoms with Gasteiger partial charge in [-0.05, 0) is 44.0 Å². The van der Waals surface area contributed by atoms with Crippen LogP contribution in [-0.2, 0) is 35.8 Å². The topological polar surface area (TPSA) is 106 Å². The number of nitrogens with one attached hydrogen (secondary N) is 2. The molecule has 0 bridgehead atoms. The number of hydrogen-bond donors (Lipinski definition) is 2. The Kier molecular flexibility index (Phi) is 8.45. The third-order valence-corrected chi connectivity index (χ3v) is 9.57. The van der Waals surface area contributed by atoms with Gasteiger partial charge >= 0.3 is 6.18 Å². The lowest BCUT2D eigenvalue weighted by Crippen LogP contribution is -2.27. The molecule has 0 saturated heterocycles. The number of carbonyl (C=O) groups is 2. The largest absolute Gasteiger partial charge is 0.417 e. The fourth-order valence-corrected chi connectivity index (χ4v) is 6.57. The van der Waals surface area contributed by atoms with Gasteiger partial charge < -0.3 is 24.8 Å². The summed E-state index contributed by atoms with van der Waals surface area (Å²) in [5.41, 5.74) is -0.448. The summed E-state index contributed by atoms with van der Waals surface area (Å²) in [4.78, 5) is 37.1. The first-order chi connectivity index (χ1) is 24.2. The molecule has 4 heterocycles.